The normalized spacial score (nSPS) is 10.8. The Morgan fingerprint density at radius 2 is 1.73 bits per heavy atom. The van der Waals surface area contributed by atoms with E-state index in [9.17, 15) is 0 Å². The molecule has 0 atom stereocenters. The average molecular weight is 362 g/mol. The number of nitrogens with zero attached hydrogens (tertiary/aromatic N) is 1. The number of hydrogen-bond acceptors (Lipinski definition) is 4. The van der Waals surface area contributed by atoms with E-state index in [0.717, 1.165) is 57.9 Å². The summed E-state index contributed by atoms with van der Waals surface area (Å²) in [6.45, 7) is 15.3. The first kappa shape index (κ1) is 24.4. The largest absolute Gasteiger partial charge is 0.385 e. The molecule has 148 valence electrons. The fourth-order valence-corrected chi connectivity index (χ4v) is 2.32. The smallest absolute Gasteiger partial charge is 0.0521 e. The molecule has 0 bridgehead atoms. The molecule has 0 spiro atoms. The van der Waals surface area contributed by atoms with E-state index in [1.165, 1.54) is 18.5 Å². The van der Waals surface area contributed by atoms with Gasteiger partial charge in [-0.3, -0.25) is 4.99 Å². The van der Waals surface area contributed by atoms with Gasteiger partial charge in [0.25, 0.3) is 0 Å². The first-order valence-corrected chi connectivity index (χ1v) is 10.1. The summed E-state index contributed by atoms with van der Waals surface area (Å²) >= 11 is 0. The number of hydrogen-bond donors (Lipinski definition) is 2. The molecule has 0 radical (unpaired) electrons. The van der Waals surface area contributed by atoms with Gasteiger partial charge in [-0.1, -0.05) is 38.6 Å². The molecule has 1 aromatic carbocycles. The Labute approximate surface area is 161 Å². The highest BCUT2D eigenvalue weighted by Crippen LogP contribution is 2.04. The van der Waals surface area contributed by atoms with Gasteiger partial charge < -0.3 is 15.4 Å². The lowest BCUT2D eigenvalue weighted by molar-refractivity contribution is 0.138. The Morgan fingerprint density at radius 1 is 1.04 bits per heavy atom. The van der Waals surface area contributed by atoms with Crippen LogP contribution in [0.2, 0.25) is 0 Å². The van der Waals surface area contributed by atoms with Crippen LogP contribution in [0.25, 0.3) is 0 Å². The lowest BCUT2D eigenvalue weighted by atomic mass is 10.2. The molecule has 0 aliphatic rings. The van der Waals surface area contributed by atoms with Crippen molar-refractivity contribution in [2.24, 2.45) is 4.99 Å². The number of nitrogens with one attached hydrogen (secondary N) is 2. The van der Waals surface area contributed by atoms with Gasteiger partial charge in [-0.2, -0.15) is 0 Å². The summed E-state index contributed by atoms with van der Waals surface area (Å²) in [4.78, 5) is 4.35. The van der Waals surface area contributed by atoms with E-state index in [4.69, 9.17) is 4.74 Å². The van der Waals surface area contributed by atoms with Gasteiger partial charge in [0.05, 0.1) is 6.61 Å². The summed E-state index contributed by atoms with van der Waals surface area (Å²) in [6, 6.07) is 10.4. The lowest BCUT2D eigenvalue weighted by Crippen LogP contribution is -2.19. The molecule has 0 aliphatic carbocycles. The van der Waals surface area contributed by atoms with Crippen molar-refractivity contribution < 1.29 is 4.74 Å². The predicted octanol–water partition coefficient (Wildman–Crippen LogP) is 4.94. The number of allylic oxidation sites excluding steroid dienone is 1. The van der Waals surface area contributed by atoms with Crippen LogP contribution in [0.15, 0.2) is 48.0 Å². The summed E-state index contributed by atoms with van der Waals surface area (Å²) in [5.74, 6) is 0. The molecule has 2 N–H and O–H groups in total. The first-order valence-electron chi connectivity index (χ1n) is 10.1. The van der Waals surface area contributed by atoms with Crippen molar-refractivity contribution in [3.8, 4) is 0 Å². The molecule has 1 rings (SSSR count). The fraction of sp³-hybridized carbons (Fsp3) is 0.591. The number of benzene rings is 1. The minimum Gasteiger partial charge on any atom is -0.385 e. The standard InChI is InChI=1S/C20H33N3O.C2H6/c1-3-19(22-4-2)13-18-24-17-10-15-21-14-8-9-16-23-20-11-6-5-7-12-20;1-2/h3,5-7,11-12,21,23H,1,4,8-10,13-18H2,2H3;1-2H3. The SMILES string of the molecule is C=CC(CCOCCCNCCCCNc1ccccc1)=NCC.CC. The van der Waals surface area contributed by atoms with E-state index in [0.29, 0.717) is 0 Å². The molecule has 0 aliphatic heterocycles. The van der Waals surface area contributed by atoms with Crippen molar-refractivity contribution >= 4 is 11.4 Å². The third kappa shape index (κ3) is 14.7. The minimum atomic E-state index is 0.732. The summed E-state index contributed by atoms with van der Waals surface area (Å²) in [7, 11) is 0. The number of para-hydroxylation sites is 1. The maximum atomic E-state index is 5.63. The Hall–Kier alpha value is -1.65. The fourth-order valence-electron chi connectivity index (χ4n) is 2.32. The van der Waals surface area contributed by atoms with Gasteiger partial charge in [-0.15, -0.1) is 0 Å². The predicted molar refractivity (Wildman–Crippen MR) is 117 cm³/mol. The third-order valence-electron chi connectivity index (χ3n) is 3.62. The lowest BCUT2D eigenvalue weighted by Gasteiger charge is -2.08. The van der Waals surface area contributed by atoms with E-state index in [-0.39, 0.29) is 0 Å². The molecule has 4 nitrogen and oxygen atoms in total. The summed E-state index contributed by atoms with van der Waals surface area (Å²) in [5.41, 5.74) is 2.24. The molecule has 0 fully saturated rings. The van der Waals surface area contributed by atoms with Crippen LogP contribution in [0, 0.1) is 0 Å². The van der Waals surface area contributed by atoms with E-state index in [2.05, 4.69) is 46.5 Å². The molecule has 1 aromatic rings. The molecule has 0 unspecified atom stereocenters. The summed E-state index contributed by atoms with van der Waals surface area (Å²) in [5, 5.41) is 6.90. The highest BCUT2D eigenvalue weighted by molar-refractivity contribution is 5.94. The second kappa shape index (κ2) is 19.7. The van der Waals surface area contributed by atoms with Crippen LogP contribution in [-0.4, -0.2) is 45.1 Å². The summed E-state index contributed by atoms with van der Waals surface area (Å²) in [6.07, 6.45) is 6.10. The molecule has 0 heterocycles. The average Bonchev–Trinajstić information content (AvgIpc) is 2.70. The van der Waals surface area contributed by atoms with Gasteiger partial charge in [-0.05, 0) is 57.5 Å². The third-order valence-corrected chi connectivity index (χ3v) is 3.62. The minimum absolute atomic E-state index is 0.732. The highest BCUT2D eigenvalue weighted by atomic mass is 16.5. The molecular weight excluding hydrogens is 322 g/mol. The molecular formula is C22H39N3O. The number of ether oxygens (including phenoxy) is 1. The van der Waals surface area contributed by atoms with Crippen LogP contribution in [-0.2, 0) is 4.74 Å². The van der Waals surface area contributed by atoms with E-state index in [1.807, 2.05) is 32.9 Å². The van der Waals surface area contributed by atoms with Crippen molar-refractivity contribution in [2.75, 3.05) is 44.7 Å². The second-order valence-electron chi connectivity index (χ2n) is 5.64. The van der Waals surface area contributed by atoms with Gasteiger partial charge in [0, 0.05) is 37.5 Å². The van der Waals surface area contributed by atoms with Crippen LogP contribution in [0.4, 0.5) is 5.69 Å². The quantitative estimate of drug-likeness (QED) is 0.344. The Kier molecular flexibility index (Phi) is 18.4. The van der Waals surface area contributed by atoms with Crippen LogP contribution in [0.1, 0.15) is 46.5 Å². The zero-order valence-electron chi connectivity index (χ0n) is 17.1. The Morgan fingerprint density at radius 3 is 2.42 bits per heavy atom. The monoisotopic (exact) mass is 361 g/mol. The number of rotatable bonds is 15. The van der Waals surface area contributed by atoms with Crippen LogP contribution >= 0.6 is 0 Å². The molecule has 0 aromatic heterocycles. The van der Waals surface area contributed by atoms with Crippen molar-refractivity contribution in [1.82, 2.24) is 5.32 Å². The Bertz CT molecular complexity index is 446. The maximum Gasteiger partial charge on any atom is 0.0521 e. The number of aliphatic imine (C=N–C) groups is 1. The van der Waals surface area contributed by atoms with Crippen LogP contribution in [0.5, 0.6) is 0 Å². The Balaban J connectivity index is 0.00000301. The van der Waals surface area contributed by atoms with Crippen molar-refractivity contribution in [3.05, 3.63) is 43.0 Å². The van der Waals surface area contributed by atoms with Gasteiger partial charge in [-0.25, -0.2) is 0 Å². The zero-order chi connectivity index (χ0) is 19.3. The van der Waals surface area contributed by atoms with Gasteiger partial charge in [0.1, 0.15) is 0 Å². The molecule has 4 heteroatoms. The summed E-state index contributed by atoms with van der Waals surface area (Å²) < 4.78 is 5.63. The number of unbranched alkanes of at least 4 members (excludes halogenated alkanes) is 1. The molecule has 0 saturated heterocycles. The van der Waals surface area contributed by atoms with E-state index >= 15 is 0 Å². The van der Waals surface area contributed by atoms with E-state index < -0.39 is 0 Å². The van der Waals surface area contributed by atoms with Crippen molar-refractivity contribution in [3.63, 3.8) is 0 Å². The molecule has 26 heavy (non-hydrogen) atoms. The van der Waals surface area contributed by atoms with Crippen molar-refractivity contribution in [1.29, 1.82) is 0 Å². The number of anilines is 1. The topological polar surface area (TPSA) is 45.6 Å². The van der Waals surface area contributed by atoms with Gasteiger partial charge >= 0.3 is 0 Å². The van der Waals surface area contributed by atoms with Crippen molar-refractivity contribution in [2.45, 2.75) is 46.5 Å². The zero-order valence-corrected chi connectivity index (χ0v) is 17.1. The highest BCUT2D eigenvalue weighted by Gasteiger charge is 1.95. The maximum absolute atomic E-state index is 5.63. The molecule has 0 saturated carbocycles. The van der Waals surface area contributed by atoms with Crippen LogP contribution in [0.3, 0.4) is 0 Å². The second-order valence-corrected chi connectivity index (χ2v) is 5.64. The molecule has 0 amide bonds. The van der Waals surface area contributed by atoms with Gasteiger partial charge in [0.2, 0.25) is 0 Å². The van der Waals surface area contributed by atoms with Crippen LogP contribution < -0.4 is 10.6 Å². The first-order chi connectivity index (χ1) is 12.9. The van der Waals surface area contributed by atoms with Gasteiger partial charge in [0.15, 0.2) is 0 Å². The van der Waals surface area contributed by atoms with E-state index in [1.54, 1.807) is 0 Å².